The van der Waals surface area contributed by atoms with Crippen LogP contribution in [0.3, 0.4) is 0 Å². The Morgan fingerprint density at radius 2 is 1.97 bits per heavy atom. The minimum atomic E-state index is -1.01. The Balaban J connectivity index is 1.53. The maximum Gasteiger partial charge on any atom is 0.326 e. The number of ether oxygens (including phenoxy) is 2. The summed E-state index contributed by atoms with van der Waals surface area (Å²) >= 11 is 0. The molecule has 0 bridgehead atoms. The number of likely N-dealkylation sites (N-methyl/N-ethyl adjacent to an activating group) is 1. The average Bonchev–Trinajstić information content (AvgIpc) is 2.93. The van der Waals surface area contributed by atoms with Crippen LogP contribution in [0.4, 0.5) is 9.18 Å². The molecule has 1 saturated carbocycles. The first-order valence-corrected chi connectivity index (χ1v) is 11.2. The highest BCUT2D eigenvalue weighted by Gasteiger charge is 2.56. The normalized spacial score (nSPS) is 23.6. The SMILES string of the molecule is COc1ccc(CN(C)C(=O)COC(=O)CN2C(=O)NC3(CC(C)CC(C)(C)C3)C2=O)cc1F. The number of hydrogen-bond donors (Lipinski definition) is 1. The zero-order chi connectivity index (χ0) is 25.3. The van der Waals surface area contributed by atoms with Crippen LogP contribution in [0, 0.1) is 17.2 Å². The molecule has 9 nitrogen and oxygen atoms in total. The van der Waals surface area contributed by atoms with Gasteiger partial charge in [-0.3, -0.25) is 19.3 Å². The van der Waals surface area contributed by atoms with E-state index >= 15 is 0 Å². The zero-order valence-corrected chi connectivity index (χ0v) is 20.3. The number of halogens is 1. The summed E-state index contributed by atoms with van der Waals surface area (Å²) in [5.41, 5.74) is -0.599. The highest BCUT2D eigenvalue weighted by atomic mass is 19.1. The minimum Gasteiger partial charge on any atom is -0.494 e. The summed E-state index contributed by atoms with van der Waals surface area (Å²) < 4.78 is 23.7. The standard InChI is InChI=1S/C24H32FN3O6/c1-15-9-23(2,3)14-24(10-15)21(31)28(22(32)26-24)12-20(30)34-13-19(29)27(4)11-16-6-7-18(33-5)17(25)8-16/h6-8,15H,9-14H2,1-5H3,(H,26,32). The highest BCUT2D eigenvalue weighted by molar-refractivity contribution is 6.08. The van der Waals surface area contributed by atoms with E-state index in [0.29, 0.717) is 18.4 Å². The third kappa shape index (κ3) is 5.48. The second-order valence-corrected chi connectivity index (χ2v) is 10.1. The molecule has 2 fully saturated rings. The van der Waals surface area contributed by atoms with Gasteiger partial charge in [-0.05, 0) is 48.3 Å². The summed E-state index contributed by atoms with van der Waals surface area (Å²) in [7, 11) is 2.85. The molecule has 34 heavy (non-hydrogen) atoms. The molecular formula is C24H32FN3O6. The summed E-state index contributed by atoms with van der Waals surface area (Å²) in [5, 5.41) is 2.80. The molecule has 186 valence electrons. The lowest BCUT2D eigenvalue weighted by molar-refractivity contribution is -0.153. The number of carbonyl (C=O) groups is 4. The van der Waals surface area contributed by atoms with Gasteiger partial charge in [-0.25, -0.2) is 9.18 Å². The molecule has 10 heteroatoms. The van der Waals surface area contributed by atoms with E-state index in [9.17, 15) is 23.6 Å². The molecule has 2 unspecified atom stereocenters. The highest BCUT2D eigenvalue weighted by Crippen LogP contribution is 2.46. The first-order valence-electron chi connectivity index (χ1n) is 11.2. The molecule has 1 spiro atoms. The van der Waals surface area contributed by atoms with Gasteiger partial charge in [0.1, 0.15) is 12.1 Å². The third-order valence-electron chi connectivity index (χ3n) is 6.33. The second kappa shape index (κ2) is 9.60. The van der Waals surface area contributed by atoms with E-state index in [1.54, 1.807) is 6.07 Å². The Bertz CT molecular complexity index is 997. The number of esters is 1. The van der Waals surface area contributed by atoms with Crippen LogP contribution in [0.2, 0.25) is 0 Å². The molecule has 1 aliphatic carbocycles. The monoisotopic (exact) mass is 477 g/mol. The van der Waals surface area contributed by atoms with Crippen molar-refractivity contribution in [1.29, 1.82) is 0 Å². The number of nitrogens with one attached hydrogen (secondary N) is 1. The van der Waals surface area contributed by atoms with Gasteiger partial charge in [0.15, 0.2) is 18.2 Å². The number of nitrogens with zero attached hydrogens (tertiary/aromatic N) is 2. The molecule has 0 radical (unpaired) electrons. The van der Waals surface area contributed by atoms with Crippen molar-refractivity contribution in [3.63, 3.8) is 0 Å². The Labute approximate surface area is 198 Å². The maximum absolute atomic E-state index is 13.8. The first-order chi connectivity index (χ1) is 15.9. The molecule has 1 aromatic rings. The number of methoxy groups -OCH3 is 1. The van der Waals surface area contributed by atoms with E-state index in [1.165, 1.54) is 31.2 Å². The second-order valence-electron chi connectivity index (χ2n) is 10.1. The molecule has 2 atom stereocenters. The van der Waals surface area contributed by atoms with Crippen molar-refractivity contribution in [3.05, 3.63) is 29.6 Å². The van der Waals surface area contributed by atoms with Gasteiger partial charge in [0.2, 0.25) is 0 Å². The van der Waals surface area contributed by atoms with Gasteiger partial charge >= 0.3 is 12.0 Å². The van der Waals surface area contributed by atoms with Gasteiger partial charge in [0.25, 0.3) is 11.8 Å². The van der Waals surface area contributed by atoms with E-state index < -0.39 is 48.3 Å². The first kappa shape index (κ1) is 25.5. The fourth-order valence-corrected chi connectivity index (χ4v) is 5.25. The maximum atomic E-state index is 13.8. The van der Waals surface area contributed by atoms with Crippen LogP contribution in [0.15, 0.2) is 18.2 Å². The molecule has 0 aromatic heterocycles. The summed E-state index contributed by atoms with van der Waals surface area (Å²) in [6.45, 7) is 5.13. The fraction of sp³-hybridized carbons (Fsp3) is 0.583. The fourth-order valence-electron chi connectivity index (χ4n) is 5.25. The molecule has 1 saturated heterocycles. The van der Waals surface area contributed by atoms with E-state index in [4.69, 9.17) is 9.47 Å². The predicted octanol–water partition coefficient (Wildman–Crippen LogP) is 2.47. The lowest BCUT2D eigenvalue weighted by Gasteiger charge is -2.43. The van der Waals surface area contributed by atoms with Crippen molar-refractivity contribution in [2.24, 2.45) is 11.3 Å². The van der Waals surface area contributed by atoms with Gasteiger partial charge in [0, 0.05) is 13.6 Å². The van der Waals surface area contributed by atoms with Crippen LogP contribution in [-0.4, -0.2) is 66.5 Å². The summed E-state index contributed by atoms with van der Waals surface area (Å²) in [5.74, 6) is -2.01. The number of hydrogen-bond acceptors (Lipinski definition) is 6. The van der Waals surface area contributed by atoms with Gasteiger partial charge < -0.3 is 19.7 Å². The van der Waals surface area contributed by atoms with Crippen molar-refractivity contribution >= 4 is 23.8 Å². The molecule has 1 heterocycles. The quantitative estimate of drug-likeness (QED) is 0.478. The minimum absolute atomic E-state index is 0.0974. The van der Waals surface area contributed by atoms with Crippen LogP contribution < -0.4 is 10.1 Å². The molecule has 1 aliphatic heterocycles. The van der Waals surface area contributed by atoms with Crippen molar-refractivity contribution in [1.82, 2.24) is 15.1 Å². The Kier molecular flexibility index (Phi) is 7.18. The van der Waals surface area contributed by atoms with Crippen LogP contribution in [0.5, 0.6) is 5.75 Å². The molecule has 1 aromatic carbocycles. The predicted molar refractivity (Wildman–Crippen MR) is 120 cm³/mol. The van der Waals surface area contributed by atoms with Crippen molar-refractivity contribution in [3.8, 4) is 5.75 Å². The summed E-state index contributed by atoms with van der Waals surface area (Å²) in [6.07, 6.45) is 1.95. The molecular weight excluding hydrogens is 445 g/mol. The van der Waals surface area contributed by atoms with Gasteiger partial charge in [-0.1, -0.05) is 26.8 Å². The van der Waals surface area contributed by atoms with E-state index in [-0.39, 0.29) is 23.6 Å². The van der Waals surface area contributed by atoms with Crippen molar-refractivity contribution in [2.45, 2.75) is 52.1 Å². The van der Waals surface area contributed by atoms with Gasteiger partial charge in [-0.2, -0.15) is 0 Å². The van der Waals surface area contributed by atoms with Crippen LogP contribution in [0.25, 0.3) is 0 Å². The van der Waals surface area contributed by atoms with Crippen LogP contribution in [0.1, 0.15) is 45.6 Å². The topological polar surface area (TPSA) is 105 Å². The average molecular weight is 478 g/mol. The Morgan fingerprint density at radius 1 is 1.26 bits per heavy atom. The number of imide groups is 1. The Hall–Kier alpha value is -3.17. The number of rotatable bonds is 7. The lowest BCUT2D eigenvalue weighted by Crippen LogP contribution is -2.54. The summed E-state index contributed by atoms with van der Waals surface area (Å²) in [4.78, 5) is 52.4. The van der Waals surface area contributed by atoms with Crippen molar-refractivity contribution in [2.75, 3.05) is 27.3 Å². The van der Waals surface area contributed by atoms with Gasteiger partial charge in [-0.15, -0.1) is 0 Å². The zero-order valence-electron chi connectivity index (χ0n) is 20.3. The lowest BCUT2D eigenvalue weighted by atomic mass is 9.64. The largest absolute Gasteiger partial charge is 0.494 e. The van der Waals surface area contributed by atoms with Gasteiger partial charge in [0.05, 0.1) is 7.11 Å². The molecule has 2 aliphatic rings. The number of benzene rings is 1. The molecule has 1 N–H and O–H groups in total. The van der Waals surface area contributed by atoms with E-state index in [2.05, 4.69) is 19.2 Å². The third-order valence-corrected chi connectivity index (χ3v) is 6.33. The number of amides is 4. The van der Waals surface area contributed by atoms with E-state index in [0.717, 1.165) is 11.3 Å². The summed E-state index contributed by atoms with van der Waals surface area (Å²) in [6, 6.07) is 3.72. The Morgan fingerprint density at radius 3 is 2.59 bits per heavy atom. The smallest absolute Gasteiger partial charge is 0.326 e. The van der Waals surface area contributed by atoms with Crippen LogP contribution >= 0.6 is 0 Å². The molecule has 4 amide bonds. The van der Waals surface area contributed by atoms with Crippen LogP contribution in [-0.2, 0) is 25.7 Å². The number of urea groups is 1. The van der Waals surface area contributed by atoms with E-state index in [1.807, 2.05) is 6.92 Å². The molecule has 3 rings (SSSR count). The number of carbonyl (C=O) groups excluding carboxylic acids is 4. The van der Waals surface area contributed by atoms with Crippen molar-refractivity contribution < 1.29 is 33.0 Å².